The van der Waals surface area contributed by atoms with Crippen molar-refractivity contribution in [2.24, 2.45) is 0 Å². The van der Waals surface area contributed by atoms with Crippen LogP contribution in [0.15, 0.2) is 77.7 Å². The van der Waals surface area contributed by atoms with Crippen molar-refractivity contribution in [3.63, 3.8) is 0 Å². The van der Waals surface area contributed by atoms with Crippen molar-refractivity contribution in [2.75, 3.05) is 26.0 Å². The maximum Gasteiger partial charge on any atom is 0.113 e. The predicted molar refractivity (Wildman–Crippen MR) is 239 cm³/mol. The highest BCUT2D eigenvalue weighted by Gasteiger charge is 2.53. The van der Waals surface area contributed by atoms with Crippen molar-refractivity contribution in [3.05, 3.63) is 106 Å². The van der Waals surface area contributed by atoms with Crippen LogP contribution in [0.1, 0.15) is 146 Å². The van der Waals surface area contributed by atoms with E-state index in [1.54, 1.807) is 0 Å². The molecule has 0 heterocycles. The van der Waals surface area contributed by atoms with Crippen LogP contribution in [0.4, 0.5) is 0 Å². The molecule has 0 amide bonds. The summed E-state index contributed by atoms with van der Waals surface area (Å²) in [4.78, 5) is 1.03. The molecule has 6 heteroatoms. The topological polar surface area (TPSA) is 49.7 Å². The summed E-state index contributed by atoms with van der Waals surface area (Å²) < 4.78 is 5.85. The van der Waals surface area contributed by atoms with Crippen molar-refractivity contribution in [2.45, 2.75) is 139 Å². The first-order valence-electron chi connectivity index (χ1n) is 21.2. The lowest BCUT2D eigenvalue weighted by Crippen LogP contribution is -2.33. The maximum absolute atomic E-state index is 9.91. The minimum Gasteiger partial charge on any atom is -0.396 e. The zero-order valence-corrected chi connectivity index (χ0v) is 36.2. The standard InChI is InChI=1S/C49H64BO3PS/c1-7-10-12-14-24-47(5,9-3)35-16-20-39-40-21-17-36(48(6,25-15-13-11-8-2)34(4)54-29-27-52)31-44(40)49(43(39)30-35)45-32-37(50)18-22-41(45)42-23-19-38(33-46(42)49)55-53-28-26-51/h16-23,30-34,51-52,54H,7-15,24-29H2,1-6H3. The SMILES string of the molecule is [B]c1ccc2c(c1)C1(c3cc(SOCCO)ccc3-2)c2cc(C(C)(CC)CCCCCC)ccc2-c2ccc(C(C)(CCCCCC)C(C)PCCO)cc21. The van der Waals surface area contributed by atoms with Crippen molar-refractivity contribution in [1.82, 2.24) is 0 Å². The molecule has 4 aromatic carbocycles. The summed E-state index contributed by atoms with van der Waals surface area (Å²) in [6.45, 7) is 14.8. The molecule has 1 spiro atoms. The van der Waals surface area contributed by atoms with E-state index >= 15 is 0 Å². The van der Waals surface area contributed by atoms with Gasteiger partial charge in [0, 0.05) is 23.5 Å². The third-order valence-corrected chi connectivity index (χ3v) is 15.9. The van der Waals surface area contributed by atoms with Crippen molar-refractivity contribution < 1.29 is 14.4 Å². The third kappa shape index (κ3) is 8.05. The Kier molecular flexibility index (Phi) is 14.2. The molecule has 0 bridgehead atoms. The van der Waals surface area contributed by atoms with E-state index in [1.165, 1.54) is 125 Å². The molecule has 55 heavy (non-hydrogen) atoms. The van der Waals surface area contributed by atoms with Crippen LogP contribution in [0.25, 0.3) is 22.3 Å². The molecule has 292 valence electrons. The number of aliphatic hydroxyl groups excluding tert-OH is 2. The Labute approximate surface area is 340 Å². The fourth-order valence-electron chi connectivity index (χ4n) is 9.66. The second kappa shape index (κ2) is 18.5. The van der Waals surface area contributed by atoms with E-state index in [9.17, 15) is 10.2 Å². The van der Waals surface area contributed by atoms with Crippen LogP contribution in [0, 0.1) is 0 Å². The summed E-state index contributed by atoms with van der Waals surface area (Å²) in [5, 5.41) is 19.4. The van der Waals surface area contributed by atoms with Crippen LogP contribution in [-0.2, 0) is 20.4 Å². The summed E-state index contributed by atoms with van der Waals surface area (Å²) in [7, 11) is 7.46. The summed E-state index contributed by atoms with van der Waals surface area (Å²) >= 11 is 1.35. The highest BCUT2D eigenvalue weighted by atomic mass is 32.2. The van der Waals surface area contributed by atoms with Crippen molar-refractivity contribution in [1.29, 1.82) is 0 Å². The van der Waals surface area contributed by atoms with Gasteiger partial charge < -0.3 is 14.4 Å². The number of fused-ring (bicyclic) bond motifs is 10. The van der Waals surface area contributed by atoms with Gasteiger partial charge in [-0.15, -0.1) is 8.58 Å². The van der Waals surface area contributed by atoms with Gasteiger partial charge in [0.2, 0.25) is 0 Å². The summed E-state index contributed by atoms with van der Waals surface area (Å²) in [6.07, 6.45) is 14.3. The van der Waals surface area contributed by atoms with Crippen LogP contribution in [0.3, 0.4) is 0 Å². The normalized spacial score (nSPS) is 18.3. The average Bonchev–Trinajstić information content (AvgIpc) is 3.65. The third-order valence-electron chi connectivity index (χ3n) is 13.4. The van der Waals surface area contributed by atoms with E-state index in [-0.39, 0.29) is 30.7 Å². The molecule has 0 fully saturated rings. The number of hydrogen-bond donors (Lipinski definition) is 2. The lowest BCUT2D eigenvalue weighted by molar-refractivity contribution is 0.221. The van der Waals surface area contributed by atoms with Gasteiger partial charge in [-0.05, 0) is 110 Å². The van der Waals surface area contributed by atoms with Crippen LogP contribution in [0.5, 0.6) is 0 Å². The molecule has 5 unspecified atom stereocenters. The maximum atomic E-state index is 9.91. The van der Waals surface area contributed by atoms with Crippen molar-refractivity contribution >= 4 is 33.9 Å². The number of aliphatic hydroxyl groups is 2. The molecule has 2 N–H and O–H groups in total. The van der Waals surface area contributed by atoms with E-state index in [0.29, 0.717) is 14.2 Å². The average molecular weight is 775 g/mol. The first-order valence-corrected chi connectivity index (χ1v) is 23.2. The molecule has 2 radical (unpaired) electrons. The minimum atomic E-state index is -0.555. The van der Waals surface area contributed by atoms with Gasteiger partial charge in [-0.1, -0.05) is 159 Å². The molecule has 2 aliphatic rings. The molecule has 6 rings (SSSR count). The fraction of sp³-hybridized carbons (Fsp3) is 0.510. The second-order valence-corrected chi connectivity index (χ2v) is 19.4. The first kappa shape index (κ1) is 42.2. The van der Waals surface area contributed by atoms with Gasteiger partial charge in [-0.25, -0.2) is 0 Å². The fourth-order valence-corrected chi connectivity index (χ4v) is 11.6. The summed E-state index contributed by atoms with van der Waals surface area (Å²) in [6, 6.07) is 28.2. The van der Waals surface area contributed by atoms with Gasteiger partial charge in [-0.2, -0.15) is 0 Å². The van der Waals surface area contributed by atoms with E-state index in [1.807, 2.05) is 0 Å². The molecule has 0 aliphatic heterocycles. The van der Waals surface area contributed by atoms with E-state index < -0.39 is 5.41 Å². The number of benzene rings is 4. The largest absolute Gasteiger partial charge is 0.396 e. The molecule has 4 aromatic rings. The lowest BCUT2D eigenvalue weighted by Gasteiger charge is -2.38. The molecule has 0 aromatic heterocycles. The predicted octanol–water partition coefficient (Wildman–Crippen LogP) is 11.8. The lowest BCUT2D eigenvalue weighted by atomic mass is 9.67. The monoisotopic (exact) mass is 774 g/mol. The van der Waals surface area contributed by atoms with E-state index in [0.717, 1.165) is 29.4 Å². The summed E-state index contributed by atoms with van der Waals surface area (Å²) in [5.74, 6) is 0. The number of rotatable bonds is 21. The molecular formula is C49H64BO3PS. The molecule has 2 aliphatic carbocycles. The van der Waals surface area contributed by atoms with E-state index in [4.69, 9.17) is 12.0 Å². The Balaban J connectivity index is 1.62. The van der Waals surface area contributed by atoms with Gasteiger partial charge in [0.15, 0.2) is 0 Å². The smallest absolute Gasteiger partial charge is 0.113 e. The van der Waals surface area contributed by atoms with E-state index in [2.05, 4.69) is 114 Å². The quantitative estimate of drug-likeness (QED) is 0.0331. The zero-order chi connectivity index (χ0) is 39.2. The number of unbranched alkanes of at least 4 members (excludes halogenated alkanes) is 6. The summed E-state index contributed by atoms with van der Waals surface area (Å²) in [5.41, 5.74) is 13.9. The van der Waals surface area contributed by atoms with Crippen LogP contribution < -0.4 is 5.46 Å². The Morgan fingerprint density at radius 2 is 1.25 bits per heavy atom. The van der Waals surface area contributed by atoms with Crippen LogP contribution in [0.2, 0.25) is 0 Å². The second-order valence-electron chi connectivity index (χ2n) is 16.8. The van der Waals surface area contributed by atoms with Gasteiger partial charge in [0.05, 0.1) is 18.6 Å². The molecule has 0 saturated carbocycles. The Hall–Kier alpha value is -2.40. The van der Waals surface area contributed by atoms with Gasteiger partial charge >= 0.3 is 0 Å². The molecule has 3 nitrogen and oxygen atoms in total. The first-order chi connectivity index (χ1) is 26.6. The number of hydrogen-bond acceptors (Lipinski definition) is 4. The van der Waals surface area contributed by atoms with Gasteiger partial charge in [-0.3, -0.25) is 0 Å². The highest BCUT2D eigenvalue weighted by Crippen LogP contribution is 2.64. The van der Waals surface area contributed by atoms with Gasteiger partial charge in [0.1, 0.15) is 7.85 Å². The Bertz CT molecular complexity index is 1930. The molecule has 5 atom stereocenters. The Morgan fingerprint density at radius 3 is 1.87 bits per heavy atom. The van der Waals surface area contributed by atoms with Crippen LogP contribution >= 0.6 is 20.6 Å². The Morgan fingerprint density at radius 1 is 0.691 bits per heavy atom. The molecular weight excluding hydrogens is 710 g/mol. The minimum absolute atomic E-state index is 0.0119. The highest BCUT2D eigenvalue weighted by molar-refractivity contribution is 7.94. The van der Waals surface area contributed by atoms with Gasteiger partial charge in [0.25, 0.3) is 0 Å². The van der Waals surface area contributed by atoms with Crippen LogP contribution in [-0.4, -0.2) is 49.7 Å². The van der Waals surface area contributed by atoms with Crippen molar-refractivity contribution in [3.8, 4) is 22.3 Å². The zero-order valence-electron chi connectivity index (χ0n) is 34.4. The molecule has 0 saturated heterocycles.